The molecule has 110 valence electrons. The van der Waals surface area contributed by atoms with Crippen LogP contribution in [0.15, 0.2) is 12.4 Å². The number of aromatic nitrogens is 2. The summed E-state index contributed by atoms with van der Waals surface area (Å²) in [6, 6.07) is -0.112. The van der Waals surface area contributed by atoms with E-state index in [1.54, 1.807) is 15.8 Å². The Balaban J connectivity index is 1.89. The average molecular weight is 279 g/mol. The fourth-order valence-corrected chi connectivity index (χ4v) is 2.36. The second-order valence-corrected chi connectivity index (χ2v) is 5.00. The molecule has 0 aromatic carbocycles. The van der Waals surface area contributed by atoms with Crippen molar-refractivity contribution < 1.29 is 9.59 Å². The van der Waals surface area contributed by atoms with E-state index < -0.39 is 0 Å². The first-order chi connectivity index (χ1) is 9.63. The van der Waals surface area contributed by atoms with Gasteiger partial charge < -0.3 is 16.0 Å². The number of carbonyl (C=O) groups is 2. The monoisotopic (exact) mass is 279 g/mol. The molecule has 1 aliphatic heterocycles. The summed E-state index contributed by atoms with van der Waals surface area (Å²) < 4.78 is 1.64. The molecule has 7 nitrogen and oxygen atoms in total. The zero-order valence-corrected chi connectivity index (χ0v) is 11.7. The van der Waals surface area contributed by atoms with Crippen molar-refractivity contribution in [3.05, 3.63) is 18.0 Å². The highest BCUT2D eigenvalue weighted by Gasteiger charge is 2.30. The van der Waals surface area contributed by atoms with E-state index >= 15 is 0 Å². The first-order valence-corrected chi connectivity index (χ1v) is 6.95. The molecule has 1 fully saturated rings. The molecular formula is C13H21N5O2. The molecule has 2 amide bonds. The van der Waals surface area contributed by atoms with E-state index in [2.05, 4.69) is 10.4 Å². The van der Waals surface area contributed by atoms with E-state index in [1.165, 1.54) is 6.20 Å². The van der Waals surface area contributed by atoms with Gasteiger partial charge in [0.2, 0.25) is 5.91 Å². The Hall–Kier alpha value is -1.89. The zero-order chi connectivity index (χ0) is 14.5. The van der Waals surface area contributed by atoms with Crippen LogP contribution in [0.5, 0.6) is 0 Å². The first-order valence-electron chi connectivity index (χ1n) is 6.95. The number of likely N-dealkylation sites (tertiary alicyclic amines) is 1. The molecule has 0 bridgehead atoms. The highest BCUT2D eigenvalue weighted by molar-refractivity contribution is 5.94. The van der Waals surface area contributed by atoms with Crippen molar-refractivity contribution in [3.8, 4) is 0 Å². The number of hydrogen-bond acceptors (Lipinski definition) is 4. The maximum atomic E-state index is 12.1. The first kappa shape index (κ1) is 14.5. The lowest BCUT2D eigenvalue weighted by molar-refractivity contribution is -0.127. The minimum absolute atomic E-state index is 0.107. The fourth-order valence-electron chi connectivity index (χ4n) is 2.36. The summed E-state index contributed by atoms with van der Waals surface area (Å²) in [6.45, 7) is 4.44. The summed E-state index contributed by atoms with van der Waals surface area (Å²) in [6.07, 6.45) is 4.50. The Morgan fingerprint density at radius 1 is 1.55 bits per heavy atom. The zero-order valence-electron chi connectivity index (χ0n) is 11.7. The largest absolute Gasteiger partial charge is 0.347 e. The van der Waals surface area contributed by atoms with E-state index in [-0.39, 0.29) is 17.9 Å². The van der Waals surface area contributed by atoms with E-state index in [9.17, 15) is 9.59 Å². The van der Waals surface area contributed by atoms with Gasteiger partial charge in [-0.1, -0.05) is 6.92 Å². The predicted molar refractivity (Wildman–Crippen MR) is 74.0 cm³/mol. The number of rotatable bonds is 6. The van der Waals surface area contributed by atoms with Crippen molar-refractivity contribution in [1.82, 2.24) is 20.0 Å². The smallest absolute Gasteiger partial charge is 0.254 e. The van der Waals surface area contributed by atoms with E-state index in [0.717, 1.165) is 13.0 Å². The molecule has 2 rings (SSSR count). The SMILES string of the molecule is CCCN1CC(NC(=O)c2cnn(CCN)c2)CC1=O. The second kappa shape index (κ2) is 6.51. The van der Waals surface area contributed by atoms with Gasteiger partial charge in [-0.25, -0.2) is 0 Å². The number of nitrogens with zero attached hydrogens (tertiary/aromatic N) is 3. The van der Waals surface area contributed by atoms with Crippen LogP contribution in [-0.4, -0.2) is 52.2 Å². The Labute approximate surface area is 118 Å². The van der Waals surface area contributed by atoms with Gasteiger partial charge in [0.15, 0.2) is 0 Å². The summed E-state index contributed by atoms with van der Waals surface area (Å²) in [5, 5.41) is 6.94. The number of hydrogen-bond donors (Lipinski definition) is 2. The minimum Gasteiger partial charge on any atom is -0.347 e. The van der Waals surface area contributed by atoms with Crippen LogP contribution < -0.4 is 11.1 Å². The lowest BCUT2D eigenvalue weighted by atomic mass is 10.2. The molecule has 0 aliphatic carbocycles. The molecule has 1 aromatic rings. The number of carbonyl (C=O) groups excluding carboxylic acids is 2. The normalized spacial score (nSPS) is 18.6. The molecular weight excluding hydrogens is 258 g/mol. The van der Waals surface area contributed by atoms with Crippen molar-refractivity contribution in [2.75, 3.05) is 19.6 Å². The summed E-state index contributed by atoms with van der Waals surface area (Å²) in [5.74, 6) is -0.0830. The molecule has 3 N–H and O–H groups in total. The molecule has 20 heavy (non-hydrogen) atoms. The molecule has 1 saturated heterocycles. The van der Waals surface area contributed by atoms with Crippen LogP contribution in [0.3, 0.4) is 0 Å². The van der Waals surface area contributed by atoms with Crippen molar-refractivity contribution in [3.63, 3.8) is 0 Å². The van der Waals surface area contributed by atoms with Crippen LogP contribution >= 0.6 is 0 Å². The summed E-state index contributed by atoms with van der Waals surface area (Å²) in [7, 11) is 0. The van der Waals surface area contributed by atoms with Crippen LogP contribution in [0, 0.1) is 0 Å². The topological polar surface area (TPSA) is 93.2 Å². The van der Waals surface area contributed by atoms with Gasteiger partial charge in [0, 0.05) is 32.3 Å². The summed E-state index contributed by atoms with van der Waals surface area (Å²) in [4.78, 5) is 25.6. The van der Waals surface area contributed by atoms with Crippen molar-refractivity contribution in [1.29, 1.82) is 0 Å². The molecule has 1 unspecified atom stereocenters. The van der Waals surface area contributed by atoms with E-state index in [1.807, 2.05) is 6.92 Å². The van der Waals surface area contributed by atoms with Crippen LogP contribution in [-0.2, 0) is 11.3 Å². The maximum Gasteiger partial charge on any atom is 0.254 e. The molecule has 0 radical (unpaired) electrons. The number of nitrogens with two attached hydrogens (primary N) is 1. The molecule has 2 heterocycles. The van der Waals surface area contributed by atoms with Crippen LogP contribution in [0.4, 0.5) is 0 Å². The molecule has 0 saturated carbocycles. The average Bonchev–Trinajstić information content (AvgIpc) is 2.99. The molecule has 1 aliphatic rings. The quantitative estimate of drug-likeness (QED) is 0.740. The summed E-state index contributed by atoms with van der Waals surface area (Å²) >= 11 is 0. The summed E-state index contributed by atoms with van der Waals surface area (Å²) in [5.41, 5.74) is 5.93. The molecule has 7 heteroatoms. The van der Waals surface area contributed by atoms with Gasteiger partial charge >= 0.3 is 0 Å². The van der Waals surface area contributed by atoms with Crippen molar-refractivity contribution in [2.24, 2.45) is 5.73 Å². The van der Waals surface area contributed by atoms with E-state index in [4.69, 9.17) is 5.73 Å². The van der Waals surface area contributed by atoms with Crippen LogP contribution in [0.2, 0.25) is 0 Å². The Bertz CT molecular complexity index is 485. The maximum absolute atomic E-state index is 12.1. The second-order valence-electron chi connectivity index (χ2n) is 5.00. The van der Waals surface area contributed by atoms with Gasteiger partial charge in [-0.2, -0.15) is 5.10 Å². The van der Waals surface area contributed by atoms with Crippen molar-refractivity contribution in [2.45, 2.75) is 32.4 Å². The van der Waals surface area contributed by atoms with Gasteiger partial charge in [-0.05, 0) is 6.42 Å². The third-order valence-electron chi connectivity index (χ3n) is 3.30. The van der Waals surface area contributed by atoms with Crippen molar-refractivity contribution >= 4 is 11.8 Å². The fraction of sp³-hybridized carbons (Fsp3) is 0.615. The predicted octanol–water partition coefficient (Wildman–Crippen LogP) is -0.417. The van der Waals surface area contributed by atoms with Crippen LogP contribution in [0.1, 0.15) is 30.1 Å². The highest BCUT2D eigenvalue weighted by Crippen LogP contribution is 2.12. The third-order valence-corrected chi connectivity index (χ3v) is 3.30. The van der Waals surface area contributed by atoms with Gasteiger partial charge in [0.25, 0.3) is 5.91 Å². The Morgan fingerprint density at radius 3 is 3.05 bits per heavy atom. The van der Waals surface area contributed by atoms with E-state index in [0.29, 0.717) is 31.6 Å². The number of nitrogens with one attached hydrogen (secondary N) is 1. The highest BCUT2D eigenvalue weighted by atomic mass is 16.2. The van der Waals surface area contributed by atoms with Crippen LogP contribution in [0.25, 0.3) is 0 Å². The molecule has 1 aromatic heterocycles. The standard InChI is InChI=1S/C13H21N5O2/c1-2-4-17-9-11(6-12(17)19)16-13(20)10-7-15-18(8-10)5-3-14/h7-8,11H,2-6,9,14H2,1H3,(H,16,20). The van der Waals surface area contributed by atoms with Gasteiger partial charge in [-0.15, -0.1) is 0 Å². The lowest BCUT2D eigenvalue weighted by Gasteiger charge is -2.15. The minimum atomic E-state index is -0.190. The Morgan fingerprint density at radius 2 is 2.35 bits per heavy atom. The third kappa shape index (κ3) is 3.36. The van der Waals surface area contributed by atoms with Gasteiger partial charge in [0.05, 0.1) is 24.3 Å². The molecule has 1 atom stereocenters. The number of amides is 2. The lowest BCUT2D eigenvalue weighted by Crippen LogP contribution is -2.37. The Kier molecular flexibility index (Phi) is 4.73. The molecule has 0 spiro atoms. The van der Waals surface area contributed by atoms with Gasteiger partial charge in [0.1, 0.15) is 0 Å². The van der Waals surface area contributed by atoms with Gasteiger partial charge in [-0.3, -0.25) is 14.3 Å².